The Morgan fingerprint density at radius 1 is 1.04 bits per heavy atom. The minimum Gasteiger partial charge on any atom is -0.393 e. The number of rotatable bonds is 1. The molecule has 0 bridgehead atoms. The minimum absolute atomic E-state index is 0.555. The summed E-state index contributed by atoms with van der Waals surface area (Å²) < 4.78 is 33.5. The Balaban J connectivity index is 2.20. The SMILES string of the molecule is CC1=CC(C)=[N+]2C1=C(c1ccc(C)cc1Cl)c1c(C)cc(C)n1[B-]2(F)F. The van der Waals surface area contributed by atoms with E-state index in [0.29, 0.717) is 27.8 Å². The van der Waals surface area contributed by atoms with E-state index >= 15 is 8.63 Å². The molecule has 0 aliphatic carbocycles. The summed E-state index contributed by atoms with van der Waals surface area (Å²) in [5.41, 5.74) is 6.50. The number of allylic oxidation sites excluding steroid dienone is 2. The van der Waals surface area contributed by atoms with Crippen LogP contribution in [0.15, 0.2) is 41.6 Å². The van der Waals surface area contributed by atoms with Gasteiger partial charge in [-0.3, -0.25) is 0 Å². The number of hydrogen-bond donors (Lipinski definition) is 0. The highest BCUT2D eigenvalue weighted by Gasteiger charge is 2.55. The van der Waals surface area contributed by atoms with Crippen LogP contribution in [0.4, 0.5) is 8.63 Å². The zero-order valence-corrected chi connectivity index (χ0v) is 16.2. The lowest BCUT2D eigenvalue weighted by molar-refractivity contribution is -0.363. The highest BCUT2D eigenvalue weighted by molar-refractivity contribution is 6.58. The maximum Gasteiger partial charge on any atom is 0.737 e. The maximum absolute atomic E-state index is 15.5. The quantitative estimate of drug-likeness (QED) is 0.584. The summed E-state index contributed by atoms with van der Waals surface area (Å²) in [6.45, 7) is 5.25. The van der Waals surface area contributed by atoms with Gasteiger partial charge < -0.3 is 17.6 Å². The third-order valence-corrected chi connectivity index (χ3v) is 5.64. The Bertz CT molecular complexity index is 1070. The van der Waals surface area contributed by atoms with Crippen LogP contribution in [0.25, 0.3) is 5.57 Å². The predicted molar refractivity (Wildman–Crippen MR) is 104 cm³/mol. The van der Waals surface area contributed by atoms with E-state index in [1.807, 2.05) is 51.1 Å². The van der Waals surface area contributed by atoms with Crippen molar-refractivity contribution >= 4 is 29.9 Å². The van der Waals surface area contributed by atoms with E-state index in [-0.39, 0.29) is 0 Å². The molecule has 6 heteroatoms. The van der Waals surface area contributed by atoms with Crippen LogP contribution in [-0.4, -0.2) is 21.6 Å². The van der Waals surface area contributed by atoms with Crippen molar-refractivity contribution in [2.75, 3.05) is 0 Å². The molecule has 0 saturated carbocycles. The van der Waals surface area contributed by atoms with Crippen LogP contribution in [0.1, 0.15) is 41.9 Å². The lowest BCUT2D eigenvalue weighted by Gasteiger charge is -2.34. The number of aromatic nitrogens is 1. The maximum atomic E-state index is 15.5. The molecule has 0 amide bonds. The molecule has 0 atom stereocenters. The lowest BCUT2D eigenvalue weighted by Crippen LogP contribution is -2.51. The van der Waals surface area contributed by atoms with Gasteiger partial charge in [0, 0.05) is 34.9 Å². The third kappa shape index (κ3) is 2.13. The van der Waals surface area contributed by atoms with Crippen molar-refractivity contribution < 1.29 is 13.1 Å². The molecule has 0 spiro atoms. The van der Waals surface area contributed by atoms with Crippen LogP contribution in [-0.2, 0) is 0 Å². The average Bonchev–Trinajstić information content (AvgIpc) is 2.99. The van der Waals surface area contributed by atoms with E-state index in [9.17, 15) is 0 Å². The second kappa shape index (κ2) is 5.43. The van der Waals surface area contributed by atoms with E-state index in [4.69, 9.17) is 11.6 Å². The summed E-state index contributed by atoms with van der Waals surface area (Å²) >= 11 is 6.56. The van der Waals surface area contributed by atoms with Crippen molar-refractivity contribution in [1.82, 2.24) is 4.48 Å². The lowest BCUT2D eigenvalue weighted by atomic mass is 9.83. The summed E-state index contributed by atoms with van der Waals surface area (Å²) in [7, 11) is 0. The fourth-order valence-corrected chi connectivity index (χ4v) is 4.71. The molecule has 0 fully saturated rings. The van der Waals surface area contributed by atoms with E-state index in [2.05, 4.69) is 0 Å². The number of halogens is 3. The Morgan fingerprint density at radius 2 is 1.73 bits per heavy atom. The van der Waals surface area contributed by atoms with Gasteiger partial charge in [0.25, 0.3) is 0 Å². The molecule has 134 valence electrons. The zero-order valence-electron chi connectivity index (χ0n) is 15.5. The molecule has 2 aromatic rings. The molecular formula is C20H20BClF2N2. The summed E-state index contributed by atoms with van der Waals surface area (Å²) in [5.74, 6) is 0. The summed E-state index contributed by atoms with van der Waals surface area (Å²) in [6, 6.07) is 7.61. The number of benzene rings is 1. The normalized spacial score (nSPS) is 18.2. The van der Waals surface area contributed by atoms with Crippen LogP contribution in [0.2, 0.25) is 5.02 Å². The molecule has 0 radical (unpaired) electrons. The first-order valence-corrected chi connectivity index (χ1v) is 9.06. The molecule has 2 nitrogen and oxygen atoms in total. The van der Waals surface area contributed by atoms with Gasteiger partial charge in [0.15, 0.2) is 5.70 Å². The fraction of sp³-hybridized carbons (Fsp3) is 0.250. The van der Waals surface area contributed by atoms with Gasteiger partial charge in [-0.1, -0.05) is 23.7 Å². The molecule has 0 saturated heterocycles. The predicted octanol–water partition coefficient (Wildman–Crippen LogP) is 5.50. The number of nitrogens with zero attached hydrogens (tertiary/aromatic N) is 2. The third-order valence-electron chi connectivity index (χ3n) is 5.33. The first kappa shape index (κ1) is 17.3. The van der Waals surface area contributed by atoms with E-state index < -0.39 is 6.97 Å². The number of hydrogen-bond acceptors (Lipinski definition) is 0. The van der Waals surface area contributed by atoms with Gasteiger partial charge in [-0.25, -0.2) is 0 Å². The van der Waals surface area contributed by atoms with E-state index in [1.54, 1.807) is 13.8 Å². The first-order chi connectivity index (χ1) is 12.1. The van der Waals surface area contributed by atoms with Crippen LogP contribution >= 0.6 is 11.6 Å². The number of fused-ring (bicyclic) bond motifs is 2. The molecule has 2 aliphatic heterocycles. The standard InChI is InChI=1S/C20H20BClF2N2/c1-11-6-7-16(17(22)8-11)18-19-12(2)9-14(4)25(19)21(23,24)26-15(5)10-13(3)20(18)26/h6-10H,1-5H3. The van der Waals surface area contributed by atoms with Crippen molar-refractivity contribution in [2.24, 2.45) is 0 Å². The van der Waals surface area contributed by atoms with Gasteiger partial charge in [-0.2, -0.15) is 0 Å². The van der Waals surface area contributed by atoms with Gasteiger partial charge in [-0.05, 0) is 56.6 Å². The van der Waals surface area contributed by atoms with Gasteiger partial charge >= 0.3 is 6.97 Å². The zero-order chi connectivity index (χ0) is 19.0. The van der Waals surface area contributed by atoms with E-state index in [0.717, 1.165) is 27.8 Å². The Morgan fingerprint density at radius 3 is 2.38 bits per heavy atom. The van der Waals surface area contributed by atoms with Gasteiger partial charge in [-0.15, -0.1) is 0 Å². The van der Waals surface area contributed by atoms with Crippen LogP contribution < -0.4 is 0 Å². The van der Waals surface area contributed by atoms with Crippen LogP contribution in [0.3, 0.4) is 0 Å². The second-order valence-corrected chi connectivity index (χ2v) is 7.73. The molecular weight excluding hydrogens is 352 g/mol. The molecule has 3 heterocycles. The Kier molecular flexibility index (Phi) is 3.61. The Hall–Kier alpha value is -2.14. The molecule has 0 unspecified atom stereocenters. The van der Waals surface area contributed by atoms with Crippen molar-refractivity contribution in [3.05, 3.63) is 74.7 Å². The summed E-state index contributed by atoms with van der Waals surface area (Å²) in [4.78, 5) is 0. The molecule has 4 rings (SSSR count). The highest BCUT2D eigenvalue weighted by Crippen LogP contribution is 2.45. The van der Waals surface area contributed by atoms with Crippen molar-refractivity contribution in [1.29, 1.82) is 0 Å². The van der Waals surface area contributed by atoms with Gasteiger partial charge in [0.2, 0.25) is 0 Å². The molecule has 26 heavy (non-hydrogen) atoms. The number of aryl methyl sites for hydroxylation is 3. The van der Waals surface area contributed by atoms with Crippen LogP contribution in [0, 0.1) is 20.8 Å². The second-order valence-electron chi connectivity index (χ2n) is 7.32. The Labute approximate surface area is 157 Å². The molecule has 0 N–H and O–H groups in total. The minimum atomic E-state index is -3.95. The smallest absolute Gasteiger partial charge is 0.393 e. The van der Waals surface area contributed by atoms with Gasteiger partial charge in [0.05, 0.1) is 5.57 Å². The monoisotopic (exact) mass is 372 g/mol. The largest absolute Gasteiger partial charge is 0.737 e. The van der Waals surface area contributed by atoms with E-state index in [1.165, 1.54) is 8.96 Å². The summed E-state index contributed by atoms with van der Waals surface area (Å²) in [5, 5.41) is 0.576. The van der Waals surface area contributed by atoms with Crippen molar-refractivity contribution in [2.45, 2.75) is 34.6 Å². The topological polar surface area (TPSA) is 7.94 Å². The molecule has 1 aromatic carbocycles. The van der Waals surface area contributed by atoms with Gasteiger partial charge in [0.1, 0.15) is 5.71 Å². The highest BCUT2D eigenvalue weighted by atomic mass is 35.5. The molecule has 2 aliphatic rings. The fourth-order valence-electron chi connectivity index (χ4n) is 4.38. The van der Waals surface area contributed by atoms with Crippen LogP contribution in [0.5, 0.6) is 0 Å². The average molecular weight is 373 g/mol. The van der Waals surface area contributed by atoms with Crippen molar-refractivity contribution in [3.63, 3.8) is 0 Å². The molecule has 1 aromatic heterocycles. The summed E-state index contributed by atoms with van der Waals surface area (Å²) in [6.07, 6.45) is 1.82. The first-order valence-electron chi connectivity index (χ1n) is 8.68. The van der Waals surface area contributed by atoms with Crippen molar-refractivity contribution in [3.8, 4) is 0 Å².